The molecule has 3 rings (SSSR count). The van der Waals surface area contributed by atoms with Crippen LogP contribution in [-0.4, -0.2) is 5.11 Å². The van der Waals surface area contributed by atoms with Crippen molar-refractivity contribution < 1.29 is 5.11 Å². The summed E-state index contributed by atoms with van der Waals surface area (Å²) in [6.07, 6.45) is 8.14. The average molecular weight is 323 g/mol. The molecule has 0 aliphatic carbocycles. The van der Waals surface area contributed by atoms with E-state index >= 15 is 0 Å². The number of aromatic hydroxyl groups is 1. The van der Waals surface area contributed by atoms with E-state index in [1.165, 1.54) is 0 Å². The van der Waals surface area contributed by atoms with Gasteiger partial charge in [-0.3, -0.25) is 0 Å². The van der Waals surface area contributed by atoms with E-state index in [2.05, 4.69) is 36.4 Å². The fraction of sp³-hybridized carbons (Fsp3) is 0. The number of phenols is 1. The summed E-state index contributed by atoms with van der Waals surface area (Å²) >= 11 is 0. The van der Waals surface area contributed by atoms with Crippen molar-refractivity contribution in [3.05, 3.63) is 101 Å². The van der Waals surface area contributed by atoms with Gasteiger partial charge in [0.2, 0.25) is 0 Å². The van der Waals surface area contributed by atoms with Gasteiger partial charge in [0, 0.05) is 0 Å². The molecule has 0 fully saturated rings. The summed E-state index contributed by atoms with van der Waals surface area (Å²) in [6.45, 7) is 0. The van der Waals surface area contributed by atoms with E-state index in [0.717, 1.165) is 22.3 Å². The minimum atomic E-state index is 0.274. The third-order valence-electron chi connectivity index (χ3n) is 3.81. The Morgan fingerprint density at radius 3 is 1.24 bits per heavy atom. The highest BCUT2D eigenvalue weighted by Crippen LogP contribution is 2.15. The van der Waals surface area contributed by atoms with Crippen LogP contribution in [0.15, 0.2) is 72.8 Å². The second-order valence-electron chi connectivity index (χ2n) is 5.66. The van der Waals surface area contributed by atoms with Crippen molar-refractivity contribution in [3.8, 4) is 11.8 Å². The maximum atomic E-state index is 9.29. The normalized spacial score (nSPS) is 11.0. The van der Waals surface area contributed by atoms with Crippen molar-refractivity contribution in [2.75, 3.05) is 0 Å². The van der Waals surface area contributed by atoms with Crippen LogP contribution in [0.25, 0.3) is 24.3 Å². The van der Waals surface area contributed by atoms with Gasteiger partial charge in [-0.1, -0.05) is 72.8 Å². The maximum Gasteiger partial charge on any atom is 0.115 e. The minimum Gasteiger partial charge on any atom is -0.508 e. The molecule has 0 heterocycles. The zero-order chi connectivity index (χ0) is 17.5. The van der Waals surface area contributed by atoms with Crippen LogP contribution in [0.5, 0.6) is 5.75 Å². The fourth-order valence-corrected chi connectivity index (χ4v) is 2.36. The molecule has 1 N–H and O–H groups in total. The van der Waals surface area contributed by atoms with E-state index in [-0.39, 0.29) is 5.75 Å². The van der Waals surface area contributed by atoms with Gasteiger partial charge in [0.25, 0.3) is 0 Å². The van der Waals surface area contributed by atoms with Gasteiger partial charge in [-0.15, -0.1) is 0 Å². The highest BCUT2D eigenvalue weighted by Gasteiger charge is 1.92. The Balaban J connectivity index is 1.66. The van der Waals surface area contributed by atoms with E-state index < -0.39 is 0 Å². The molecule has 2 nitrogen and oxygen atoms in total. The van der Waals surface area contributed by atoms with Crippen LogP contribution in [0.3, 0.4) is 0 Å². The Hall–Kier alpha value is -3.57. The van der Waals surface area contributed by atoms with Crippen molar-refractivity contribution in [3.63, 3.8) is 0 Å². The van der Waals surface area contributed by atoms with Crippen molar-refractivity contribution >= 4 is 24.3 Å². The monoisotopic (exact) mass is 323 g/mol. The van der Waals surface area contributed by atoms with Crippen molar-refractivity contribution in [1.29, 1.82) is 5.26 Å². The van der Waals surface area contributed by atoms with Gasteiger partial charge in [0.05, 0.1) is 11.6 Å². The summed E-state index contributed by atoms with van der Waals surface area (Å²) < 4.78 is 0. The standard InChI is InChI=1S/C23H17NO/c24-17-22-11-9-20(10-12-22)6-5-18-1-3-19(4-2-18)7-8-21-13-15-23(25)16-14-21/h1-16,25H. The molecule has 0 saturated carbocycles. The lowest BCUT2D eigenvalue weighted by Gasteiger charge is -1.98. The number of nitrogens with zero attached hydrogens (tertiary/aromatic N) is 1. The Morgan fingerprint density at radius 2 is 0.880 bits per heavy atom. The number of benzene rings is 3. The summed E-state index contributed by atoms with van der Waals surface area (Å²) in [4.78, 5) is 0. The number of phenolic OH excluding ortho intramolecular Hbond substituents is 1. The van der Waals surface area contributed by atoms with Crippen LogP contribution in [0.2, 0.25) is 0 Å². The first-order valence-corrected chi connectivity index (χ1v) is 7.98. The zero-order valence-electron chi connectivity index (χ0n) is 13.6. The molecule has 0 unspecified atom stereocenters. The third kappa shape index (κ3) is 4.70. The van der Waals surface area contributed by atoms with E-state index in [0.29, 0.717) is 5.56 Å². The zero-order valence-corrected chi connectivity index (χ0v) is 13.6. The van der Waals surface area contributed by atoms with Gasteiger partial charge in [-0.05, 0) is 46.5 Å². The summed E-state index contributed by atoms with van der Waals surface area (Å²) in [7, 11) is 0. The molecule has 0 saturated heterocycles. The lowest BCUT2D eigenvalue weighted by atomic mass is 10.1. The minimum absolute atomic E-state index is 0.274. The van der Waals surface area contributed by atoms with Gasteiger partial charge in [-0.2, -0.15) is 5.26 Å². The van der Waals surface area contributed by atoms with Crippen molar-refractivity contribution in [2.24, 2.45) is 0 Å². The van der Waals surface area contributed by atoms with Crippen LogP contribution in [0.4, 0.5) is 0 Å². The Morgan fingerprint density at radius 1 is 0.560 bits per heavy atom. The molecular formula is C23H17NO. The lowest BCUT2D eigenvalue weighted by Crippen LogP contribution is -1.77. The van der Waals surface area contributed by atoms with Crippen LogP contribution in [-0.2, 0) is 0 Å². The predicted molar refractivity (Wildman–Crippen MR) is 104 cm³/mol. The van der Waals surface area contributed by atoms with Gasteiger partial charge in [0.15, 0.2) is 0 Å². The van der Waals surface area contributed by atoms with Gasteiger partial charge in [0.1, 0.15) is 5.75 Å². The molecule has 0 bridgehead atoms. The summed E-state index contributed by atoms with van der Waals surface area (Å²) in [6, 6.07) is 25.0. The lowest BCUT2D eigenvalue weighted by molar-refractivity contribution is 0.475. The third-order valence-corrected chi connectivity index (χ3v) is 3.81. The van der Waals surface area contributed by atoms with Crippen LogP contribution >= 0.6 is 0 Å². The molecule has 0 aliphatic rings. The SMILES string of the molecule is N#Cc1ccc(C=Cc2ccc(C=Cc3ccc(O)cc3)cc2)cc1. The first kappa shape index (κ1) is 16.3. The second kappa shape index (κ2) is 7.81. The highest BCUT2D eigenvalue weighted by atomic mass is 16.3. The molecule has 0 radical (unpaired) electrons. The average Bonchev–Trinajstić information content (AvgIpc) is 2.67. The molecule has 0 aromatic heterocycles. The Bertz CT molecular complexity index is 925. The quantitative estimate of drug-likeness (QED) is 0.635. The predicted octanol–water partition coefficient (Wildman–Crippen LogP) is 5.60. The van der Waals surface area contributed by atoms with Gasteiger partial charge in [-0.25, -0.2) is 0 Å². The van der Waals surface area contributed by atoms with Crippen LogP contribution < -0.4 is 0 Å². The number of nitriles is 1. The van der Waals surface area contributed by atoms with Gasteiger partial charge < -0.3 is 5.11 Å². The van der Waals surface area contributed by atoms with E-state index in [4.69, 9.17) is 5.26 Å². The summed E-state index contributed by atoms with van der Waals surface area (Å²) in [5.41, 5.74) is 5.01. The maximum absolute atomic E-state index is 9.29. The Kier molecular flexibility index (Phi) is 5.09. The number of hydrogen-bond donors (Lipinski definition) is 1. The summed E-state index contributed by atoms with van der Waals surface area (Å²) in [5.74, 6) is 0.274. The van der Waals surface area contributed by atoms with Crippen LogP contribution in [0.1, 0.15) is 27.8 Å². The Labute approximate surface area is 147 Å². The topological polar surface area (TPSA) is 44.0 Å². The van der Waals surface area contributed by atoms with E-state index in [1.807, 2.05) is 54.6 Å². The number of rotatable bonds is 4. The molecule has 0 aliphatic heterocycles. The smallest absolute Gasteiger partial charge is 0.115 e. The first-order valence-electron chi connectivity index (χ1n) is 7.98. The van der Waals surface area contributed by atoms with Crippen molar-refractivity contribution in [1.82, 2.24) is 0 Å². The molecule has 3 aromatic rings. The molecule has 0 spiro atoms. The molecule has 3 aromatic carbocycles. The highest BCUT2D eigenvalue weighted by molar-refractivity contribution is 5.73. The molecule has 0 amide bonds. The van der Waals surface area contributed by atoms with Crippen molar-refractivity contribution in [2.45, 2.75) is 0 Å². The largest absolute Gasteiger partial charge is 0.508 e. The van der Waals surface area contributed by atoms with E-state index in [1.54, 1.807) is 12.1 Å². The molecule has 25 heavy (non-hydrogen) atoms. The summed E-state index contributed by atoms with van der Waals surface area (Å²) in [5, 5.41) is 18.1. The molecule has 2 heteroatoms. The number of hydrogen-bond acceptors (Lipinski definition) is 2. The molecule has 0 atom stereocenters. The van der Waals surface area contributed by atoms with Crippen LogP contribution in [0, 0.1) is 11.3 Å². The van der Waals surface area contributed by atoms with E-state index in [9.17, 15) is 5.11 Å². The first-order chi connectivity index (χ1) is 12.2. The second-order valence-corrected chi connectivity index (χ2v) is 5.66. The van der Waals surface area contributed by atoms with Gasteiger partial charge >= 0.3 is 0 Å². The molecule has 120 valence electrons. The fourth-order valence-electron chi connectivity index (χ4n) is 2.36. The molecular weight excluding hydrogens is 306 g/mol.